The van der Waals surface area contributed by atoms with Crippen LogP contribution >= 0.6 is 0 Å². The summed E-state index contributed by atoms with van der Waals surface area (Å²) in [6.07, 6.45) is -1.52. The van der Waals surface area contributed by atoms with Crippen molar-refractivity contribution in [3.05, 3.63) is 30.3 Å². The minimum absolute atomic E-state index is 0.0224. The molecule has 0 aliphatic heterocycles. The fraction of sp³-hybridized carbons (Fsp3) is 0.591. The standard InChI is InChI=1S/C22H33NO10S/c1-17(24)23-12-9-15-34(28,29)32-16-22(2,3)19(25)20(26)30-13-7-8-14-31-21(27)33-18-10-5-4-6-11-18/h4-6,10-11,19,25H,7-9,12-16H2,1-3H3,(H,23,24)/t19-/m0/s1. The molecular formula is C22H33NO10S. The van der Waals surface area contributed by atoms with E-state index in [1.807, 2.05) is 0 Å². The van der Waals surface area contributed by atoms with Gasteiger partial charge < -0.3 is 24.6 Å². The Morgan fingerprint density at radius 1 is 1.03 bits per heavy atom. The number of ether oxygens (including phenoxy) is 3. The van der Waals surface area contributed by atoms with E-state index < -0.39 is 40.4 Å². The summed E-state index contributed by atoms with van der Waals surface area (Å²) in [4.78, 5) is 34.5. The molecule has 0 aliphatic rings. The first-order valence-electron chi connectivity index (χ1n) is 10.8. The van der Waals surface area contributed by atoms with Gasteiger partial charge in [0, 0.05) is 18.9 Å². The van der Waals surface area contributed by atoms with Crippen LogP contribution in [0.25, 0.3) is 0 Å². The maximum absolute atomic E-state index is 12.1. The Bertz CT molecular complexity index is 886. The molecule has 1 aromatic carbocycles. The Kier molecular flexibility index (Phi) is 12.5. The van der Waals surface area contributed by atoms with Crippen molar-refractivity contribution in [2.45, 2.75) is 46.1 Å². The zero-order chi connectivity index (χ0) is 25.6. The van der Waals surface area contributed by atoms with Gasteiger partial charge in [-0.3, -0.25) is 8.98 Å². The van der Waals surface area contributed by atoms with Crippen LogP contribution in [0.4, 0.5) is 4.79 Å². The van der Waals surface area contributed by atoms with Crippen molar-refractivity contribution in [2.75, 3.05) is 32.1 Å². The van der Waals surface area contributed by atoms with E-state index >= 15 is 0 Å². The Morgan fingerprint density at radius 2 is 1.65 bits per heavy atom. The minimum atomic E-state index is -3.89. The maximum Gasteiger partial charge on any atom is 0.513 e. The molecule has 0 aromatic heterocycles. The van der Waals surface area contributed by atoms with E-state index in [9.17, 15) is 27.9 Å². The largest absolute Gasteiger partial charge is 0.513 e. The fourth-order valence-electron chi connectivity index (χ4n) is 2.44. The van der Waals surface area contributed by atoms with Crippen LogP contribution in [-0.2, 0) is 33.4 Å². The lowest BCUT2D eigenvalue weighted by Gasteiger charge is -2.28. The van der Waals surface area contributed by atoms with Crippen molar-refractivity contribution >= 4 is 28.1 Å². The van der Waals surface area contributed by atoms with E-state index in [0.29, 0.717) is 18.6 Å². The molecule has 0 unspecified atom stereocenters. The first-order chi connectivity index (χ1) is 15.9. The number of hydrogen-bond donors (Lipinski definition) is 2. The molecule has 0 saturated heterocycles. The highest BCUT2D eigenvalue weighted by atomic mass is 32.2. The molecule has 0 aliphatic carbocycles. The molecular weight excluding hydrogens is 470 g/mol. The predicted octanol–water partition coefficient (Wildman–Crippen LogP) is 1.79. The van der Waals surface area contributed by atoms with Crippen LogP contribution in [0.2, 0.25) is 0 Å². The van der Waals surface area contributed by atoms with Crippen LogP contribution in [0.3, 0.4) is 0 Å². The number of unbranched alkanes of at least 4 members (excludes halogenated alkanes) is 1. The van der Waals surface area contributed by atoms with Crippen LogP contribution in [0.5, 0.6) is 5.75 Å². The van der Waals surface area contributed by atoms with Crippen molar-refractivity contribution in [1.29, 1.82) is 0 Å². The number of carbonyl (C=O) groups is 3. The lowest BCUT2D eigenvalue weighted by molar-refractivity contribution is -0.161. The molecule has 1 aromatic rings. The van der Waals surface area contributed by atoms with Crippen molar-refractivity contribution in [2.24, 2.45) is 5.41 Å². The maximum atomic E-state index is 12.1. The van der Waals surface area contributed by atoms with E-state index in [-0.39, 0.29) is 37.8 Å². The zero-order valence-corrected chi connectivity index (χ0v) is 20.5. The lowest BCUT2D eigenvalue weighted by atomic mass is 9.88. The van der Waals surface area contributed by atoms with Gasteiger partial charge in [0.05, 0.1) is 25.6 Å². The summed E-state index contributed by atoms with van der Waals surface area (Å²) in [6.45, 7) is 4.07. The summed E-state index contributed by atoms with van der Waals surface area (Å²) in [5.74, 6) is -1.13. The summed E-state index contributed by atoms with van der Waals surface area (Å²) in [7, 11) is -3.89. The molecule has 192 valence electrons. The van der Waals surface area contributed by atoms with Crippen LogP contribution in [-0.4, -0.2) is 69.8 Å². The van der Waals surface area contributed by atoms with Crippen molar-refractivity contribution < 1.29 is 46.3 Å². The smallest absolute Gasteiger partial charge is 0.464 e. The second-order valence-corrected chi connectivity index (χ2v) is 9.90. The fourth-order valence-corrected chi connectivity index (χ4v) is 3.54. The Balaban J connectivity index is 2.25. The topological polar surface area (TPSA) is 155 Å². The third kappa shape index (κ3) is 12.5. The molecule has 0 fully saturated rings. The van der Waals surface area contributed by atoms with Crippen LogP contribution in [0, 0.1) is 5.41 Å². The summed E-state index contributed by atoms with van der Waals surface area (Å²) in [5.41, 5.74) is -1.23. The Morgan fingerprint density at radius 3 is 2.26 bits per heavy atom. The molecule has 1 rings (SSSR count). The van der Waals surface area contributed by atoms with Crippen LogP contribution < -0.4 is 10.1 Å². The van der Waals surface area contributed by atoms with E-state index in [2.05, 4.69) is 5.32 Å². The lowest BCUT2D eigenvalue weighted by Crippen LogP contribution is -2.41. The van der Waals surface area contributed by atoms with E-state index in [4.69, 9.17) is 18.4 Å². The average molecular weight is 504 g/mol. The summed E-state index contributed by atoms with van der Waals surface area (Å²) >= 11 is 0. The minimum Gasteiger partial charge on any atom is -0.464 e. The highest BCUT2D eigenvalue weighted by molar-refractivity contribution is 7.86. The van der Waals surface area contributed by atoms with E-state index in [1.165, 1.54) is 20.8 Å². The van der Waals surface area contributed by atoms with Gasteiger partial charge in [0.1, 0.15) is 5.75 Å². The number of carbonyl (C=O) groups excluding carboxylic acids is 3. The molecule has 0 heterocycles. The normalized spacial score (nSPS) is 12.5. The molecule has 11 nitrogen and oxygen atoms in total. The second kappa shape index (κ2) is 14.5. The van der Waals surface area contributed by atoms with Crippen molar-refractivity contribution in [3.63, 3.8) is 0 Å². The number of nitrogens with one attached hydrogen (secondary N) is 1. The number of esters is 1. The van der Waals surface area contributed by atoms with Gasteiger partial charge in [0.2, 0.25) is 5.91 Å². The van der Waals surface area contributed by atoms with Gasteiger partial charge >= 0.3 is 12.1 Å². The molecule has 1 amide bonds. The predicted molar refractivity (Wildman–Crippen MR) is 121 cm³/mol. The summed E-state index contributed by atoms with van der Waals surface area (Å²) in [6, 6.07) is 8.44. The van der Waals surface area contributed by atoms with Gasteiger partial charge in [-0.1, -0.05) is 32.0 Å². The number of para-hydroxylation sites is 1. The third-order valence-corrected chi connectivity index (χ3v) is 5.73. The van der Waals surface area contributed by atoms with Gasteiger partial charge in [0.15, 0.2) is 6.10 Å². The van der Waals surface area contributed by atoms with Gasteiger partial charge in [-0.25, -0.2) is 9.59 Å². The summed E-state index contributed by atoms with van der Waals surface area (Å²) < 4.78 is 43.7. The van der Waals surface area contributed by atoms with Crippen LogP contribution in [0.15, 0.2) is 30.3 Å². The van der Waals surface area contributed by atoms with Gasteiger partial charge in [-0.15, -0.1) is 0 Å². The zero-order valence-electron chi connectivity index (χ0n) is 19.7. The molecule has 2 N–H and O–H groups in total. The van der Waals surface area contributed by atoms with Gasteiger partial charge in [-0.2, -0.15) is 8.42 Å². The van der Waals surface area contributed by atoms with Crippen molar-refractivity contribution in [3.8, 4) is 5.75 Å². The molecule has 0 radical (unpaired) electrons. The number of aliphatic hydroxyl groups is 1. The van der Waals surface area contributed by atoms with E-state index in [1.54, 1.807) is 30.3 Å². The van der Waals surface area contributed by atoms with Gasteiger partial charge in [-0.05, 0) is 31.4 Å². The van der Waals surface area contributed by atoms with E-state index in [0.717, 1.165) is 0 Å². The number of aliphatic hydroxyl groups excluding tert-OH is 1. The number of benzene rings is 1. The first-order valence-corrected chi connectivity index (χ1v) is 12.4. The Hall–Kier alpha value is -2.70. The average Bonchev–Trinajstić information content (AvgIpc) is 2.77. The highest BCUT2D eigenvalue weighted by Crippen LogP contribution is 2.23. The second-order valence-electron chi connectivity index (χ2n) is 8.14. The summed E-state index contributed by atoms with van der Waals surface area (Å²) in [5, 5.41) is 12.7. The molecule has 34 heavy (non-hydrogen) atoms. The molecule has 0 saturated carbocycles. The molecule has 0 spiro atoms. The quantitative estimate of drug-likeness (QED) is 0.157. The van der Waals surface area contributed by atoms with Gasteiger partial charge in [0.25, 0.3) is 10.1 Å². The number of amides is 1. The number of hydrogen-bond acceptors (Lipinski definition) is 10. The molecule has 0 bridgehead atoms. The Labute approximate surface area is 199 Å². The number of rotatable bonds is 15. The first kappa shape index (κ1) is 29.3. The van der Waals surface area contributed by atoms with Crippen LogP contribution in [0.1, 0.15) is 40.0 Å². The molecule has 1 atom stereocenters. The highest BCUT2D eigenvalue weighted by Gasteiger charge is 2.36. The molecule has 12 heteroatoms. The monoisotopic (exact) mass is 503 g/mol. The SMILES string of the molecule is CC(=O)NCCCS(=O)(=O)OCC(C)(C)[C@@H](O)C(=O)OCCCCOC(=O)Oc1ccccc1. The third-order valence-electron chi connectivity index (χ3n) is 4.47. The van der Waals surface area contributed by atoms with Crippen molar-refractivity contribution in [1.82, 2.24) is 5.32 Å².